The number of thioether (sulfide) groups is 1. The number of rotatable bonds is 6. The number of hydrogen-bond acceptors (Lipinski definition) is 6. The summed E-state index contributed by atoms with van der Waals surface area (Å²) in [6.45, 7) is 2.56. The fraction of sp³-hybridized carbons (Fsp3) is 0.429. The van der Waals surface area contributed by atoms with Gasteiger partial charge in [-0.1, -0.05) is 35.9 Å². The van der Waals surface area contributed by atoms with Crippen LogP contribution in [0.2, 0.25) is 5.02 Å². The summed E-state index contributed by atoms with van der Waals surface area (Å²) in [7, 11) is 0. The van der Waals surface area contributed by atoms with Crippen LogP contribution in [0, 0.1) is 0 Å². The molecular weight excluding hydrogens is 400 g/mol. The monoisotopic (exact) mass is 424 g/mol. The molecule has 3 N–H and O–H groups in total. The lowest BCUT2D eigenvalue weighted by Gasteiger charge is -2.40. The lowest BCUT2D eigenvalue weighted by atomic mass is 9.92. The van der Waals surface area contributed by atoms with Crippen molar-refractivity contribution in [1.82, 2.24) is 0 Å². The summed E-state index contributed by atoms with van der Waals surface area (Å²) in [6.07, 6.45) is -1.99. The van der Waals surface area contributed by atoms with Gasteiger partial charge in [0.2, 0.25) is 0 Å². The molecule has 0 amide bonds. The molecule has 0 bridgehead atoms. The van der Waals surface area contributed by atoms with Gasteiger partial charge in [0.05, 0.1) is 6.61 Å². The van der Waals surface area contributed by atoms with E-state index in [1.54, 1.807) is 18.4 Å². The van der Waals surface area contributed by atoms with Gasteiger partial charge < -0.3 is 24.8 Å². The molecule has 28 heavy (non-hydrogen) atoms. The summed E-state index contributed by atoms with van der Waals surface area (Å²) >= 11 is 7.68. The number of aliphatic hydroxyl groups is 3. The van der Waals surface area contributed by atoms with Gasteiger partial charge >= 0.3 is 0 Å². The number of benzene rings is 2. The van der Waals surface area contributed by atoms with Gasteiger partial charge in [-0.15, -0.1) is 11.8 Å². The molecule has 0 radical (unpaired) electrons. The van der Waals surface area contributed by atoms with Crippen molar-refractivity contribution in [2.45, 2.75) is 43.2 Å². The molecule has 0 spiro atoms. The Balaban J connectivity index is 1.82. The van der Waals surface area contributed by atoms with Crippen LogP contribution in [0.5, 0.6) is 5.75 Å². The van der Waals surface area contributed by atoms with E-state index in [1.165, 1.54) is 11.8 Å². The van der Waals surface area contributed by atoms with Crippen LogP contribution in [0.1, 0.15) is 29.7 Å². The van der Waals surface area contributed by atoms with Crippen LogP contribution in [-0.2, 0) is 11.2 Å². The second-order valence-electron chi connectivity index (χ2n) is 6.74. The first-order chi connectivity index (χ1) is 13.4. The fourth-order valence-electron chi connectivity index (χ4n) is 3.32. The molecule has 5 nitrogen and oxygen atoms in total. The standard InChI is InChI=1S/C21H25ClO5S/c1-3-26-15-7-4-12(5-8-15)10-14-11-13(6-9-16(14)22)20-18(24)17(23)19(25)21(27-20)28-2/h4-9,11,17-21,23-25H,3,10H2,1-2H3/t17-,18-,19?,20+,21-/m1/s1. The Morgan fingerprint density at radius 3 is 2.39 bits per heavy atom. The minimum Gasteiger partial charge on any atom is -0.494 e. The molecule has 0 saturated carbocycles. The zero-order valence-electron chi connectivity index (χ0n) is 15.8. The van der Waals surface area contributed by atoms with Crippen molar-refractivity contribution in [3.8, 4) is 5.75 Å². The first-order valence-electron chi connectivity index (χ1n) is 9.17. The number of ether oxygens (including phenoxy) is 2. The van der Waals surface area contributed by atoms with Gasteiger partial charge in [-0.25, -0.2) is 0 Å². The molecule has 1 fully saturated rings. The number of aliphatic hydroxyl groups excluding tert-OH is 3. The summed E-state index contributed by atoms with van der Waals surface area (Å²) in [5.41, 5.74) is 2.06. The Bertz CT molecular complexity index is 783. The third-order valence-electron chi connectivity index (χ3n) is 4.83. The van der Waals surface area contributed by atoms with Crippen LogP contribution in [0.15, 0.2) is 42.5 Å². The molecule has 2 aromatic rings. The maximum absolute atomic E-state index is 10.4. The van der Waals surface area contributed by atoms with Crippen LogP contribution in [-0.4, -0.2) is 51.9 Å². The van der Waals surface area contributed by atoms with Crippen molar-refractivity contribution in [2.24, 2.45) is 0 Å². The highest BCUT2D eigenvalue weighted by molar-refractivity contribution is 7.99. The molecule has 1 heterocycles. The summed E-state index contributed by atoms with van der Waals surface area (Å²) < 4.78 is 11.3. The predicted molar refractivity (Wildman–Crippen MR) is 111 cm³/mol. The maximum Gasteiger partial charge on any atom is 0.132 e. The lowest BCUT2D eigenvalue weighted by Crippen LogP contribution is -2.52. The number of hydrogen-bond donors (Lipinski definition) is 3. The number of halogens is 1. The summed E-state index contributed by atoms with van der Waals surface area (Å²) in [4.78, 5) is 0. The van der Waals surface area contributed by atoms with Gasteiger partial charge in [-0.05, 0) is 54.5 Å². The average Bonchev–Trinajstić information content (AvgIpc) is 2.70. The quantitative estimate of drug-likeness (QED) is 0.661. The minimum atomic E-state index is -1.28. The molecule has 152 valence electrons. The van der Waals surface area contributed by atoms with Gasteiger partial charge in [-0.3, -0.25) is 0 Å². The second kappa shape index (κ2) is 9.48. The largest absolute Gasteiger partial charge is 0.494 e. The van der Waals surface area contributed by atoms with E-state index in [0.29, 0.717) is 23.6 Å². The van der Waals surface area contributed by atoms with Gasteiger partial charge in [0, 0.05) is 5.02 Å². The van der Waals surface area contributed by atoms with Crippen LogP contribution in [0.3, 0.4) is 0 Å². The smallest absolute Gasteiger partial charge is 0.132 e. The zero-order chi connectivity index (χ0) is 20.3. The van der Waals surface area contributed by atoms with E-state index in [2.05, 4.69) is 0 Å². The fourth-order valence-corrected chi connectivity index (χ4v) is 4.17. The molecule has 3 rings (SSSR count). The average molecular weight is 425 g/mol. The second-order valence-corrected chi connectivity index (χ2v) is 8.08. The third-order valence-corrected chi connectivity index (χ3v) is 6.05. The topological polar surface area (TPSA) is 79.2 Å². The molecule has 7 heteroatoms. The molecular formula is C21H25ClO5S. The summed E-state index contributed by atoms with van der Waals surface area (Å²) in [6, 6.07) is 13.3. The van der Waals surface area contributed by atoms with Crippen LogP contribution >= 0.6 is 23.4 Å². The van der Waals surface area contributed by atoms with Crippen molar-refractivity contribution in [3.63, 3.8) is 0 Å². The van der Waals surface area contributed by atoms with Crippen LogP contribution < -0.4 is 4.74 Å². The summed E-state index contributed by atoms with van der Waals surface area (Å²) in [5.74, 6) is 0.820. The lowest BCUT2D eigenvalue weighted by molar-refractivity contribution is -0.200. The molecule has 2 aromatic carbocycles. The Morgan fingerprint density at radius 2 is 1.75 bits per heavy atom. The van der Waals surface area contributed by atoms with E-state index in [4.69, 9.17) is 21.1 Å². The molecule has 1 unspecified atom stereocenters. The van der Waals surface area contributed by atoms with E-state index in [-0.39, 0.29) is 0 Å². The van der Waals surface area contributed by atoms with Crippen molar-refractivity contribution in [3.05, 3.63) is 64.2 Å². The van der Waals surface area contributed by atoms with Crippen molar-refractivity contribution in [2.75, 3.05) is 12.9 Å². The molecule has 1 saturated heterocycles. The van der Waals surface area contributed by atoms with E-state index in [9.17, 15) is 15.3 Å². The van der Waals surface area contributed by atoms with Gasteiger partial charge in [-0.2, -0.15) is 0 Å². The third kappa shape index (κ3) is 4.64. The molecule has 1 aliphatic heterocycles. The molecule has 0 aromatic heterocycles. The Labute approximate surface area is 174 Å². The van der Waals surface area contributed by atoms with E-state index in [0.717, 1.165) is 16.9 Å². The first kappa shape index (κ1) is 21.4. The van der Waals surface area contributed by atoms with Crippen molar-refractivity contribution in [1.29, 1.82) is 0 Å². The summed E-state index contributed by atoms with van der Waals surface area (Å²) in [5, 5.41) is 31.2. The van der Waals surface area contributed by atoms with Crippen molar-refractivity contribution < 1.29 is 24.8 Å². The highest BCUT2D eigenvalue weighted by Crippen LogP contribution is 2.37. The molecule has 5 atom stereocenters. The zero-order valence-corrected chi connectivity index (χ0v) is 17.4. The van der Waals surface area contributed by atoms with E-state index in [1.807, 2.05) is 37.3 Å². The minimum absolute atomic E-state index is 0.610. The Morgan fingerprint density at radius 1 is 1.04 bits per heavy atom. The first-order valence-corrected chi connectivity index (χ1v) is 10.8. The van der Waals surface area contributed by atoms with Crippen LogP contribution in [0.25, 0.3) is 0 Å². The SMILES string of the molecule is CCOc1ccc(Cc2cc([C@@H]3O[C@H](SC)C(O)[C@H](O)[C@H]3O)ccc2Cl)cc1. The molecule has 0 aliphatic carbocycles. The Hall–Kier alpha value is -1.28. The predicted octanol–water partition coefficient (Wildman–Crippen LogP) is 3.17. The Kier molecular flexibility index (Phi) is 7.25. The van der Waals surface area contributed by atoms with E-state index >= 15 is 0 Å². The highest BCUT2D eigenvalue weighted by atomic mass is 35.5. The van der Waals surface area contributed by atoms with Crippen LogP contribution in [0.4, 0.5) is 0 Å². The van der Waals surface area contributed by atoms with Gasteiger partial charge in [0.1, 0.15) is 35.6 Å². The van der Waals surface area contributed by atoms with E-state index < -0.39 is 29.9 Å². The normalized spacial score (nSPS) is 27.6. The van der Waals surface area contributed by atoms with Gasteiger partial charge in [0.25, 0.3) is 0 Å². The molecule has 1 aliphatic rings. The van der Waals surface area contributed by atoms with Crippen molar-refractivity contribution >= 4 is 23.4 Å². The van der Waals surface area contributed by atoms with Gasteiger partial charge in [0.15, 0.2) is 0 Å². The highest BCUT2D eigenvalue weighted by Gasteiger charge is 2.44. The maximum atomic E-state index is 10.4.